The van der Waals surface area contributed by atoms with Crippen LogP contribution in [0.25, 0.3) is 0 Å². The highest BCUT2D eigenvalue weighted by Gasteiger charge is 2.22. The number of benzene rings is 1. The van der Waals surface area contributed by atoms with Gasteiger partial charge in [-0.3, -0.25) is 9.69 Å². The van der Waals surface area contributed by atoms with Gasteiger partial charge in [0.1, 0.15) is 5.76 Å². The van der Waals surface area contributed by atoms with Crippen molar-refractivity contribution in [2.45, 2.75) is 38.1 Å². The van der Waals surface area contributed by atoms with Crippen LogP contribution in [-0.2, 0) is 17.6 Å². The van der Waals surface area contributed by atoms with Crippen molar-refractivity contribution >= 4 is 5.91 Å². The van der Waals surface area contributed by atoms with Crippen LogP contribution in [0.2, 0.25) is 0 Å². The molecule has 0 radical (unpaired) electrons. The van der Waals surface area contributed by atoms with E-state index in [1.807, 2.05) is 18.2 Å². The van der Waals surface area contributed by atoms with E-state index in [1.165, 1.54) is 18.4 Å². The minimum atomic E-state index is 0.101. The molecule has 2 heterocycles. The molecule has 0 saturated carbocycles. The van der Waals surface area contributed by atoms with Crippen molar-refractivity contribution in [3.8, 4) is 0 Å². The van der Waals surface area contributed by atoms with E-state index in [1.54, 1.807) is 6.26 Å². The predicted octanol–water partition coefficient (Wildman–Crippen LogP) is 3.04. The van der Waals surface area contributed by atoms with Gasteiger partial charge in [0.05, 0.1) is 6.26 Å². The van der Waals surface area contributed by atoms with Crippen molar-refractivity contribution < 1.29 is 9.21 Å². The molecule has 1 fully saturated rings. The van der Waals surface area contributed by atoms with Crippen molar-refractivity contribution in [3.63, 3.8) is 0 Å². The third kappa shape index (κ3) is 4.96. The van der Waals surface area contributed by atoms with Crippen molar-refractivity contribution in [2.75, 3.05) is 19.6 Å². The maximum atomic E-state index is 12.1. The van der Waals surface area contributed by atoms with Crippen LogP contribution in [0.4, 0.5) is 0 Å². The van der Waals surface area contributed by atoms with Gasteiger partial charge >= 0.3 is 0 Å². The number of furan rings is 1. The number of nitrogens with one attached hydrogen (secondary N) is 1. The molecule has 4 nitrogen and oxygen atoms in total. The Hall–Kier alpha value is -2.07. The Morgan fingerprint density at radius 3 is 2.62 bits per heavy atom. The molecule has 0 bridgehead atoms. The van der Waals surface area contributed by atoms with Gasteiger partial charge in [0.2, 0.25) is 5.91 Å². The Morgan fingerprint density at radius 2 is 1.92 bits per heavy atom. The van der Waals surface area contributed by atoms with Crippen LogP contribution in [0, 0.1) is 0 Å². The molecule has 1 aromatic carbocycles. The first-order valence-corrected chi connectivity index (χ1v) is 8.88. The summed E-state index contributed by atoms with van der Waals surface area (Å²) in [6, 6.07) is 14.7. The van der Waals surface area contributed by atoms with Gasteiger partial charge in [0, 0.05) is 25.4 Å². The molecular weight excluding hydrogens is 300 g/mol. The quantitative estimate of drug-likeness (QED) is 0.811. The van der Waals surface area contributed by atoms with E-state index in [4.69, 9.17) is 4.42 Å². The fourth-order valence-electron chi connectivity index (χ4n) is 3.33. The number of likely N-dealkylation sites (tertiary alicyclic amines) is 1. The molecule has 128 valence electrons. The van der Waals surface area contributed by atoms with Crippen LogP contribution in [0.15, 0.2) is 53.1 Å². The van der Waals surface area contributed by atoms with Crippen LogP contribution in [-0.4, -0.2) is 36.5 Å². The normalized spacial score (nSPS) is 16.2. The molecule has 2 aromatic rings. The summed E-state index contributed by atoms with van der Waals surface area (Å²) in [5.74, 6) is 0.967. The van der Waals surface area contributed by atoms with Crippen molar-refractivity contribution in [1.29, 1.82) is 0 Å². The molecular formula is C20H26N2O2. The van der Waals surface area contributed by atoms with Crippen molar-refractivity contribution in [3.05, 3.63) is 60.1 Å². The molecule has 1 saturated heterocycles. The van der Waals surface area contributed by atoms with Crippen LogP contribution in [0.3, 0.4) is 0 Å². The fraction of sp³-hybridized carbons (Fsp3) is 0.450. The van der Waals surface area contributed by atoms with Crippen LogP contribution < -0.4 is 5.32 Å². The second-order valence-corrected chi connectivity index (χ2v) is 6.47. The lowest BCUT2D eigenvalue weighted by Gasteiger charge is -2.28. The summed E-state index contributed by atoms with van der Waals surface area (Å²) in [5.41, 5.74) is 1.33. The number of aryl methyl sites for hydroxylation is 1. The first kappa shape index (κ1) is 16.8. The average molecular weight is 326 g/mol. The molecule has 1 unspecified atom stereocenters. The van der Waals surface area contributed by atoms with Gasteiger partial charge in [-0.05, 0) is 50.0 Å². The Labute approximate surface area is 143 Å². The molecule has 0 aliphatic carbocycles. The number of carbonyl (C=O) groups excluding carboxylic acids is 1. The average Bonchev–Trinajstić information content (AvgIpc) is 3.31. The third-order valence-electron chi connectivity index (χ3n) is 4.68. The van der Waals surface area contributed by atoms with Gasteiger partial charge in [0.15, 0.2) is 0 Å². The van der Waals surface area contributed by atoms with E-state index in [-0.39, 0.29) is 5.91 Å². The number of nitrogens with zero attached hydrogens (tertiary/aromatic N) is 1. The van der Waals surface area contributed by atoms with Gasteiger partial charge < -0.3 is 9.73 Å². The van der Waals surface area contributed by atoms with Crippen LogP contribution in [0.1, 0.15) is 30.6 Å². The largest absolute Gasteiger partial charge is 0.469 e. The molecule has 1 aliphatic heterocycles. The minimum Gasteiger partial charge on any atom is -0.469 e. The fourth-order valence-corrected chi connectivity index (χ4v) is 3.33. The summed E-state index contributed by atoms with van der Waals surface area (Å²) in [7, 11) is 0. The van der Waals surface area contributed by atoms with E-state index in [0.29, 0.717) is 25.4 Å². The molecule has 4 heteroatoms. The first-order chi connectivity index (χ1) is 11.8. The minimum absolute atomic E-state index is 0.101. The molecule has 24 heavy (non-hydrogen) atoms. The highest BCUT2D eigenvalue weighted by atomic mass is 16.3. The second-order valence-electron chi connectivity index (χ2n) is 6.47. The molecule has 1 atom stereocenters. The lowest BCUT2D eigenvalue weighted by Crippen LogP contribution is -2.44. The zero-order chi connectivity index (χ0) is 16.6. The summed E-state index contributed by atoms with van der Waals surface area (Å²) in [6.45, 7) is 2.99. The third-order valence-corrected chi connectivity index (χ3v) is 4.68. The van der Waals surface area contributed by atoms with Crippen LogP contribution >= 0.6 is 0 Å². The molecule has 1 N–H and O–H groups in total. The van der Waals surface area contributed by atoms with E-state index < -0.39 is 0 Å². The summed E-state index contributed by atoms with van der Waals surface area (Å²) in [6.07, 6.45) is 6.29. The van der Waals surface area contributed by atoms with Gasteiger partial charge in [-0.25, -0.2) is 0 Å². The standard InChI is InChI=1S/C20H26N2O2/c23-20(11-10-19-9-6-14-24-19)21-16-18(22-12-4-5-13-22)15-17-7-2-1-3-8-17/h1-3,6-9,14,18H,4-5,10-13,15-16H2,(H,21,23). The Bertz CT molecular complexity index is 604. The zero-order valence-electron chi connectivity index (χ0n) is 14.1. The molecule has 1 amide bonds. The number of carbonyl (C=O) groups is 1. The maximum absolute atomic E-state index is 12.1. The van der Waals surface area contributed by atoms with E-state index in [0.717, 1.165) is 25.3 Å². The summed E-state index contributed by atoms with van der Waals surface area (Å²) in [4.78, 5) is 14.7. The number of hydrogen-bond acceptors (Lipinski definition) is 3. The van der Waals surface area contributed by atoms with Crippen LogP contribution in [0.5, 0.6) is 0 Å². The monoisotopic (exact) mass is 326 g/mol. The van der Waals surface area contributed by atoms with E-state index in [9.17, 15) is 4.79 Å². The van der Waals surface area contributed by atoms with Crippen molar-refractivity contribution in [1.82, 2.24) is 10.2 Å². The molecule has 0 spiro atoms. The predicted molar refractivity (Wildman–Crippen MR) is 94.8 cm³/mol. The lowest BCUT2D eigenvalue weighted by atomic mass is 10.0. The SMILES string of the molecule is O=C(CCc1ccco1)NCC(Cc1ccccc1)N1CCCC1. The van der Waals surface area contributed by atoms with Crippen molar-refractivity contribution in [2.24, 2.45) is 0 Å². The van der Waals surface area contributed by atoms with Gasteiger partial charge in [-0.15, -0.1) is 0 Å². The summed E-state index contributed by atoms with van der Waals surface area (Å²) in [5, 5.41) is 3.12. The Balaban J connectivity index is 1.50. The zero-order valence-corrected chi connectivity index (χ0v) is 14.1. The van der Waals surface area contributed by atoms with Gasteiger partial charge in [-0.2, -0.15) is 0 Å². The Morgan fingerprint density at radius 1 is 1.12 bits per heavy atom. The number of amides is 1. The van der Waals surface area contributed by atoms with Gasteiger partial charge in [0.25, 0.3) is 0 Å². The number of rotatable bonds is 8. The lowest BCUT2D eigenvalue weighted by molar-refractivity contribution is -0.121. The van der Waals surface area contributed by atoms with E-state index >= 15 is 0 Å². The van der Waals surface area contributed by atoms with E-state index in [2.05, 4.69) is 34.5 Å². The Kier molecular flexibility index (Phi) is 6.07. The maximum Gasteiger partial charge on any atom is 0.220 e. The second kappa shape index (κ2) is 8.69. The molecule has 3 rings (SSSR count). The number of hydrogen-bond donors (Lipinski definition) is 1. The highest BCUT2D eigenvalue weighted by molar-refractivity contribution is 5.76. The smallest absolute Gasteiger partial charge is 0.220 e. The first-order valence-electron chi connectivity index (χ1n) is 8.88. The summed E-state index contributed by atoms with van der Waals surface area (Å²) < 4.78 is 5.28. The van der Waals surface area contributed by atoms with Gasteiger partial charge in [-0.1, -0.05) is 30.3 Å². The molecule has 1 aromatic heterocycles. The topological polar surface area (TPSA) is 45.5 Å². The highest BCUT2D eigenvalue weighted by Crippen LogP contribution is 2.15. The molecule has 1 aliphatic rings. The summed E-state index contributed by atoms with van der Waals surface area (Å²) >= 11 is 0.